The highest BCUT2D eigenvalue weighted by Gasteiger charge is 2.41. The fraction of sp³-hybridized carbons (Fsp3) is 0.857. The second-order valence-corrected chi connectivity index (χ2v) is 5.74. The molecule has 1 fully saturated rings. The third-order valence-corrected chi connectivity index (χ3v) is 4.03. The third-order valence-electron chi connectivity index (χ3n) is 4.03. The zero-order chi connectivity index (χ0) is 14.3. The highest BCUT2D eigenvalue weighted by Crippen LogP contribution is 2.39. The lowest BCUT2D eigenvalue weighted by molar-refractivity contribution is -0.154. The minimum absolute atomic E-state index is 0.0776. The molecule has 0 aromatic heterocycles. The highest BCUT2D eigenvalue weighted by molar-refractivity contribution is 5.85. The number of carbonyl (C=O) groups excluding carboxylic acids is 1. The van der Waals surface area contributed by atoms with Crippen LogP contribution in [0.25, 0.3) is 0 Å². The van der Waals surface area contributed by atoms with E-state index in [1.807, 2.05) is 6.92 Å². The lowest BCUT2D eigenvalue weighted by atomic mass is 9.71. The van der Waals surface area contributed by atoms with Crippen molar-refractivity contribution in [2.24, 2.45) is 11.3 Å². The zero-order valence-electron chi connectivity index (χ0n) is 11.7. The van der Waals surface area contributed by atoms with Gasteiger partial charge in [-0.1, -0.05) is 26.2 Å². The zero-order valence-corrected chi connectivity index (χ0v) is 11.7. The Kier molecular flexibility index (Phi) is 6.28. The van der Waals surface area contributed by atoms with E-state index in [-0.39, 0.29) is 24.9 Å². The summed E-state index contributed by atoms with van der Waals surface area (Å²) < 4.78 is 0. The predicted octanol–water partition coefficient (Wildman–Crippen LogP) is 1.55. The minimum atomic E-state index is -0.859. The number of rotatable bonds is 7. The Bertz CT molecular complexity index is 311. The Morgan fingerprint density at radius 1 is 1.26 bits per heavy atom. The van der Waals surface area contributed by atoms with E-state index in [4.69, 9.17) is 5.11 Å². The number of carboxylic acid groups (broad SMARTS) is 1. The fourth-order valence-corrected chi connectivity index (χ4v) is 2.68. The number of aliphatic hydroxyl groups excluding tert-OH is 1. The summed E-state index contributed by atoms with van der Waals surface area (Å²) in [6.07, 6.45) is 4.76. The summed E-state index contributed by atoms with van der Waals surface area (Å²) in [5.74, 6) is -0.819. The Hall–Kier alpha value is -1.10. The fourth-order valence-electron chi connectivity index (χ4n) is 2.68. The van der Waals surface area contributed by atoms with Crippen molar-refractivity contribution in [1.29, 1.82) is 0 Å². The van der Waals surface area contributed by atoms with Crippen molar-refractivity contribution in [1.82, 2.24) is 5.32 Å². The van der Waals surface area contributed by atoms with E-state index in [1.165, 1.54) is 0 Å². The second-order valence-electron chi connectivity index (χ2n) is 5.74. The van der Waals surface area contributed by atoms with E-state index in [0.717, 1.165) is 19.3 Å². The molecule has 0 saturated heterocycles. The van der Waals surface area contributed by atoms with Gasteiger partial charge in [0, 0.05) is 19.6 Å². The molecule has 1 amide bonds. The van der Waals surface area contributed by atoms with Crippen LogP contribution in [-0.2, 0) is 9.59 Å². The van der Waals surface area contributed by atoms with Gasteiger partial charge in [-0.25, -0.2) is 0 Å². The molecule has 1 aliphatic rings. The average Bonchev–Trinajstić information content (AvgIpc) is 2.38. The Balaban J connectivity index is 2.46. The van der Waals surface area contributed by atoms with Crippen LogP contribution < -0.4 is 5.32 Å². The van der Waals surface area contributed by atoms with Crippen molar-refractivity contribution in [3.63, 3.8) is 0 Å². The molecule has 5 heteroatoms. The molecule has 0 radical (unpaired) electrons. The highest BCUT2D eigenvalue weighted by atomic mass is 16.4. The Morgan fingerprint density at radius 3 is 2.42 bits per heavy atom. The van der Waals surface area contributed by atoms with Crippen LogP contribution in [0.1, 0.15) is 51.9 Å². The van der Waals surface area contributed by atoms with Gasteiger partial charge in [-0.15, -0.1) is 0 Å². The summed E-state index contributed by atoms with van der Waals surface area (Å²) >= 11 is 0. The monoisotopic (exact) mass is 271 g/mol. The van der Waals surface area contributed by atoms with Crippen molar-refractivity contribution in [2.45, 2.75) is 51.9 Å². The largest absolute Gasteiger partial charge is 0.481 e. The first-order chi connectivity index (χ1) is 9.00. The topological polar surface area (TPSA) is 86.6 Å². The van der Waals surface area contributed by atoms with Crippen molar-refractivity contribution < 1.29 is 19.8 Å². The predicted molar refractivity (Wildman–Crippen MR) is 71.6 cm³/mol. The molecule has 1 unspecified atom stereocenters. The standard InChI is InChI=1S/C14H25NO4/c1-11(5-8-16)10-15-12(17)9-14(13(18)19)6-3-2-4-7-14/h11,16H,2-10H2,1H3,(H,15,17)(H,18,19). The molecular weight excluding hydrogens is 246 g/mol. The van der Waals surface area contributed by atoms with E-state index >= 15 is 0 Å². The summed E-state index contributed by atoms with van der Waals surface area (Å²) in [4.78, 5) is 23.3. The summed E-state index contributed by atoms with van der Waals surface area (Å²) in [5.41, 5.74) is -0.859. The molecule has 0 bridgehead atoms. The first-order valence-corrected chi connectivity index (χ1v) is 7.11. The molecule has 1 rings (SSSR count). The number of carbonyl (C=O) groups is 2. The van der Waals surface area contributed by atoms with Gasteiger partial charge < -0.3 is 15.5 Å². The lowest BCUT2D eigenvalue weighted by Gasteiger charge is -2.32. The SMILES string of the molecule is CC(CCO)CNC(=O)CC1(C(=O)O)CCCCC1. The number of hydrogen-bond donors (Lipinski definition) is 3. The smallest absolute Gasteiger partial charge is 0.310 e. The quantitative estimate of drug-likeness (QED) is 0.655. The van der Waals surface area contributed by atoms with Crippen LogP contribution in [-0.4, -0.2) is 35.2 Å². The number of hydrogen-bond acceptors (Lipinski definition) is 3. The van der Waals surface area contributed by atoms with Crippen molar-refractivity contribution >= 4 is 11.9 Å². The molecule has 1 atom stereocenters. The molecule has 0 aromatic carbocycles. The normalized spacial score (nSPS) is 19.7. The van der Waals surface area contributed by atoms with Gasteiger partial charge in [-0.2, -0.15) is 0 Å². The lowest BCUT2D eigenvalue weighted by Crippen LogP contribution is -2.40. The van der Waals surface area contributed by atoms with Crippen molar-refractivity contribution in [3.8, 4) is 0 Å². The molecule has 0 aromatic rings. The first-order valence-electron chi connectivity index (χ1n) is 7.11. The molecular formula is C14H25NO4. The molecule has 1 aliphatic carbocycles. The Morgan fingerprint density at radius 2 is 1.89 bits per heavy atom. The second kappa shape index (κ2) is 7.48. The average molecular weight is 271 g/mol. The van der Waals surface area contributed by atoms with Crippen LogP contribution >= 0.6 is 0 Å². The number of aliphatic hydroxyl groups is 1. The molecule has 1 saturated carbocycles. The summed E-state index contributed by atoms with van der Waals surface area (Å²) in [5, 5.41) is 21.0. The molecule has 0 heterocycles. The molecule has 0 aliphatic heterocycles. The summed E-state index contributed by atoms with van der Waals surface area (Å²) in [7, 11) is 0. The maximum Gasteiger partial charge on any atom is 0.310 e. The van der Waals surface area contributed by atoms with Gasteiger partial charge in [0.05, 0.1) is 5.41 Å². The molecule has 5 nitrogen and oxygen atoms in total. The van der Waals surface area contributed by atoms with Gasteiger partial charge >= 0.3 is 5.97 Å². The van der Waals surface area contributed by atoms with Crippen LogP contribution in [0, 0.1) is 11.3 Å². The van der Waals surface area contributed by atoms with Crippen molar-refractivity contribution in [3.05, 3.63) is 0 Å². The van der Waals surface area contributed by atoms with E-state index in [0.29, 0.717) is 25.8 Å². The molecule has 0 spiro atoms. The maximum absolute atomic E-state index is 11.9. The summed E-state index contributed by atoms with van der Waals surface area (Å²) in [6.45, 7) is 2.55. The van der Waals surface area contributed by atoms with Gasteiger partial charge in [0.2, 0.25) is 5.91 Å². The van der Waals surface area contributed by atoms with Gasteiger partial charge in [0.25, 0.3) is 0 Å². The third kappa shape index (κ3) is 4.82. The van der Waals surface area contributed by atoms with Gasteiger partial charge in [0.15, 0.2) is 0 Å². The van der Waals surface area contributed by atoms with Gasteiger partial charge in [0.1, 0.15) is 0 Å². The van der Waals surface area contributed by atoms with Gasteiger partial charge in [-0.05, 0) is 25.2 Å². The van der Waals surface area contributed by atoms with E-state index in [1.54, 1.807) is 0 Å². The first kappa shape index (κ1) is 16.0. The van der Waals surface area contributed by atoms with Crippen LogP contribution in [0.4, 0.5) is 0 Å². The van der Waals surface area contributed by atoms with Crippen molar-refractivity contribution in [2.75, 3.05) is 13.2 Å². The van der Waals surface area contributed by atoms with Crippen LogP contribution in [0.15, 0.2) is 0 Å². The van der Waals surface area contributed by atoms with E-state index < -0.39 is 11.4 Å². The molecule has 110 valence electrons. The summed E-state index contributed by atoms with van der Waals surface area (Å²) in [6, 6.07) is 0. The van der Waals surface area contributed by atoms with Gasteiger partial charge in [-0.3, -0.25) is 9.59 Å². The van der Waals surface area contributed by atoms with E-state index in [9.17, 15) is 14.7 Å². The van der Waals surface area contributed by atoms with E-state index in [2.05, 4.69) is 5.32 Å². The minimum Gasteiger partial charge on any atom is -0.481 e. The number of carboxylic acids is 1. The number of amides is 1. The number of aliphatic carboxylic acids is 1. The van der Waals surface area contributed by atoms with Crippen LogP contribution in [0.5, 0.6) is 0 Å². The number of nitrogens with one attached hydrogen (secondary N) is 1. The van der Waals surface area contributed by atoms with Crippen LogP contribution in [0.2, 0.25) is 0 Å². The molecule has 19 heavy (non-hydrogen) atoms. The maximum atomic E-state index is 11.9. The molecule has 3 N–H and O–H groups in total. The van der Waals surface area contributed by atoms with Crippen LogP contribution in [0.3, 0.4) is 0 Å². The Labute approximate surface area is 114 Å².